The van der Waals surface area contributed by atoms with Gasteiger partial charge in [0, 0.05) is 30.4 Å². The highest BCUT2D eigenvalue weighted by Gasteiger charge is 2.33. The molecule has 0 aliphatic carbocycles. The summed E-state index contributed by atoms with van der Waals surface area (Å²) in [7, 11) is 0. The van der Waals surface area contributed by atoms with Crippen molar-refractivity contribution in [3.63, 3.8) is 0 Å². The third-order valence-corrected chi connectivity index (χ3v) is 4.81. The summed E-state index contributed by atoms with van der Waals surface area (Å²) in [5, 5.41) is 9.97. The molecule has 2 aromatic rings. The molecule has 0 radical (unpaired) electrons. The van der Waals surface area contributed by atoms with Crippen LogP contribution in [0.25, 0.3) is 0 Å². The molecule has 3 rings (SSSR count). The largest absolute Gasteiger partial charge is 0.396 e. The van der Waals surface area contributed by atoms with Crippen molar-refractivity contribution < 1.29 is 5.11 Å². The lowest BCUT2D eigenvalue weighted by Gasteiger charge is -2.40. The van der Waals surface area contributed by atoms with Crippen LogP contribution in [0.4, 0.5) is 11.4 Å². The Bertz CT molecular complexity index is 590. The van der Waals surface area contributed by atoms with Gasteiger partial charge >= 0.3 is 0 Å². The maximum atomic E-state index is 9.97. The molecule has 0 unspecified atom stereocenters. The Morgan fingerprint density at radius 1 is 0.955 bits per heavy atom. The van der Waals surface area contributed by atoms with E-state index in [-0.39, 0.29) is 12.5 Å². The number of rotatable bonds is 5. The molecule has 22 heavy (non-hydrogen) atoms. The fraction of sp³-hybridized carbons (Fsp3) is 0.400. The molecule has 1 N–H and O–H groups in total. The van der Waals surface area contributed by atoms with Crippen LogP contribution in [0.5, 0.6) is 0 Å². The molecule has 0 aromatic heterocycles. The molecule has 2 heteroatoms. The second-order valence-electron chi connectivity index (χ2n) is 6.07. The Labute approximate surface area is 133 Å². The van der Waals surface area contributed by atoms with Gasteiger partial charge in [-0.3, -0.25) is 0 Å². The van der Waals surface area contributed by atoms with Gasteiger partial charge in [0.1, 0.15) is 0 Å². The Morgan fingerprint density at radius 2 is 1.50 bits per heavy atom. The quantitative estimate of drug-likeness (QED) is 0.864. The van der Waals surface area contributed by atoms with Crippen LogP contribution in [0.15, 0.2) is 48.5 Å². The van der Waals surface area contributed by atoms with Crippen molar-refractivity contribution in [1.29, 1.82) is 0 Å². The number of hydrogen-bond acceptors (Lipinski definition) is 2. The number of aliphatic hydroxyl groups is 1. The van der Waals surface area contributed by atoms with E-state index in [0.717, 1.165) is 19.4 Å². The fourth-order valence-electron chi connectivity index (χ4n) is 3.87. The lowest BCUT2D eigenvalue weighted by atomic mass is 9.75. The summed E-state index contributed by atoms with van der Waals surface area (Å²) in [5.41, 5.74) is 5.30. The summed E-state index contributed by atoms with van der Waals surface area (Å²) < 4.78 is 0. The molecule has 1 atom stereocenters. The Hall–Kier alpha value is -1.80. The summed E-state index contributed by atoms with van der Waals surface area (Å²) in [6.07, 6.45) is 2.15. The van der Waals surface area contributed by atoms with E-state index in [1.807, 2.05) is 0 Å². The smallest absolute Gasteiger partial charge is 0.0468 e. The van der Waals surface area contributed by atoms with Gasteiger partial charge in [-0.15, -0.1) is 0 Å². The Morgan fingerprint density at radius 3 is 1.95 bits per heavy atom. The number of fused-ring (bicyclic) bond motifs is 2. The average Bonchev–Trinajstić information content (AvgIpc) is 2.58. The monoisotopic (exact) mass is 295 g/mol. The topological polar surface area (TPSA) is 23.5 Å². The first-order valence-corrected chi connectivity index (χ1v) is 8.38. The van der Waals surface area contributed by atoms with E-state index in [1.54, 1.807) is 0 Å². The number of anilines is 2. The molecule has 0 spiro atoms. The molecule has 0 saturated heterocycles. The minimum absolute atomic E-state index is 0.243. The molecular formula is C20H25NO. The van der Waals surface area contributed by atoms with E-state index >= 15 is 0 Å². The highest BCUT2D eigenvalue weighted by atomic mass is 16.3. The normalized spacial score (nSPS) is 15.3. The first kappa shape index (κ1) is 15.1. The molecule has 0 fully saturated rings. The SMILES string of the molecule is CCC[C@@H](CO)C1c2ccccc2N(CC)c2ccccc21. The third-order valence-electron chi connectivity index (χ3n) is 4.81. The molecular weight excluding hydrogens is 270 g/mol. The fourth-order valence-corrected chi connectivity index (χ4v) is 3.87. The second-order valence-corrected chi connectivity index (χ2v) is 6.07. The first-order valence-electron chi connectivity index (χ1n) is 8.38. The van der Waals surface area contributed by atoms with Crippen molar-refractivity contribution in [3.8, 4) is 0 Å². The summed E-state index contributed by atoms with van der Waals surface area (Å²) in [4.78, 5) is 2.39. The van der Waals surface area contributed by atoms with Gasteiger partial charge in [-0.2, -0.15) is 0 Å². The highest BCUT2D eigenvalue weighted by Crippen LogP contribution is 2.48. The van der Waals surface area contributed by atoms with Crippen molar-refractivity contribution in [2.45, 2.75) is 32.6 Å². The molecule has 0 saturated carbocycles. The van der Waals surface area contributed by atoms with E-state index in [0.29, 0.717) is 5.92 Å². The maximum Gasteiger partial charge on any atom is 0.0468 e. The van der Waals surface area contributed by atoms with Crippen LogP contribution in [-0.4, -0.2) is 18.3 Å². The van der Waals surface area contributed by atoms with Crippen LogP contribution in [0.1, 0.15) is 43.7 Å². The number of para-hydroxylation sites is 2. The summed E-state index contributed by atoms with van der Waals surface area (Å²) in [6, 6.07) is 17.3. The summed E-state index contributed by atoms with van der Waals surface area (Å²) in [6.45, 7) is 5.59. The van der Waals surface area contributed by atoms with Crippen molar-refractivity contribution in [1.82, 2.24) is 0 Å². The zero-order valence-electron chi connectivity index (χ0n) is 13.5. The molecule has 2 nitrogen and oxygen atoms in total. The van der Waals surface area contributed by atoms with Crippen molar-refractivity contribution in [2.75, 3.05) is 18.1 Å². The molecule has 2 aromatic carbocycles. The van der Waals surface area contributed by atoms with Crippen molar-refractivity contribution >= 4 is 11.4 Å². The van der Waals surface area contributed by atoms with E-state index in [9.17, 15) is 5.11 Å². The van der Waals surface area contributed by atoms with Crippen LogP contribution in [-0.2, 0) is 0 Å². The standard InChI is InChI=1S/C20H25NO/c1-3-9-15(14-22)20-16-10-5-7-12-18(16)21(4-2)19-13-8-6-11-17(19)20/h5-8,10-13,15,20,22H,3-4,9,14H2,1-2H3/t15-/m0/s1. The lowest BCUT2D eigenvalue weighted by Crippen LogP contribution is -2.29. The van der Waals surface area contributed by atoms with Gasteiger partial charge < -0.3 is 10.0 Å². The third kappa shape index (κ3) is 2.42. The van der Waals surface area contributed by atoms with Gasteiger partial charge in [-0.05, 0) is 42.5 Å². The van der Waals surface area contributed by atoms with Crippen LogP contribution in [0.2, 0.25) is 0 Å². The van der Waals surface area contributed by atoms with Gasteiger partial charge in [0.2, 0.25) is 0 Å². The van der Waals surface area contributed by atoms with Crippen LogP contribution in [0, 0.1) is 5.92 Å². The predicted octanol–water partition coefficient (Wildman–Crippen LogP) is 4.70. The number of nitrogens with zero attached hydrogens (tertiary/aromatic N) is 1. The molecule has 1 aliphatic heterocycles. The first-order chi connectivity index (χ1) is 10.8. The lowest BCUT2D eigenvalue weighted by molar-refractivity contribution is 0.204. The maximum absolute atomic E-state index is 9.97. The predicted molar refractivity (Wildman–Crippen MR) is 92.9 cm³/mol. The van der Waals surface area contributed by atoms with Gasteiger partial charge in [-0.1, -0.05) is 49.7 Å². The van der Waals surface area contributed by atoms with Gasteiger partial charge in [-0.25, -0.2) is 0 Å². The van der Waals surface area contributed by atoms with E-state index in [4.69, 9.17) is 0 Å². The molecule has 1 aliphatic rings. The minimum atomic E-state index is 0.243. The highest BCUT2D eigenvalue weighted by molar-refractivity contribution is 5.76. The van der Waals surface area contributed by atoms with Crippen LogP contribution < -0.4 is 4.90 Å². The summed E-state index contributed by atoms with van der Waals surface area (Å²) in [5.74, 6) is 0.575. The Kier molecular flexibility index (Phi) is 4.49. The molecule has 1 heterocycles. The average molecular weight is 295 g/mol. The zero-order valence-corrected chi connectivity index (χ0v) is 13.5. The Balaban J connectivity index is 2.18. The van der Waals surface area contributed by atoms with Gasteiger partial charge in [0.15, 0.2) is 0 Å². The van der Waals surface area contributed by atoms with Crippen molar-refractivity contribution in [3.05, 3.63) is 59.7 Å². The van der Waals surface area contributed by atoms with Crippen molar-refractivity contribution in [2.24, 2.45) is 5.92 Å². The van der Waals surface area contributed by atoms with Gasteiger partial charge in [0.25, 0.3) is 0 Å². The summed E-state index contributed by atoms with van der Waals surface area (Å²) >= 11 is 0. The van der Waals surface area contributed by atoms with E-state index in [2.05, 4.69) is 67.3 Å². The molecule has 0 amide bonds. The van der Waals surface area contributed by atoms with E-state index in [1.165, 1.54) is 22.5 Å². The zero-order chi connectivity index (χ0) is 15.5. The van der Waals surface area contributed by atoms with Gasteiger partial charge in [0.05, 0.1) is 0 Å². The molecule has 0 bridgehead atoms. The minimum Gasteiger partial charge on any atom is -0.396 e. The van der Waals surface area contributed by atoms with Crippen LogP contribution >= 0.6 is 0 Å². The molecule has 116 valence electrons. The number of benzene rings is 2. The number of hydrogen-bond donors (Lipinski definition) is 1. The second kappa shape index (κ2) is 6.53. The van der Waals surface area contributed by atoms with E-state index < -0.39 is 0 Å². The van der Waals surface area contributed by atoms with Crippen LogP contribution in [0.3, 0.4) is 0 Å². The number of aliphatic hydroxyl groups excluding tert-OH is 1.